The summed E-state index contributed by atoms with van der Waals surface area (Å²) in [5.41, 5.74) is 4.28. The van der Waals surface area contributed by atoms with Gasteiger partial charge in [0.2, 0.25) is 5.91 Å². The van der Waals surface area contributed by atoms with Crippen LogP contribution in [0.1, 0.15) is 61.6 Å². The maximum atomic E-state index is 16.8. The van der Waals surface area contributed by atoms with E-state index in [4.69, 9.17) is 32.9 Å². The first-order chi connectivity index (χ1) is 20.8. The highest BCUT2D eigenvalue weighted by atomic mass is 35.5. The molecule has 2 N–H and O–H groups in total. The average Bonchev–Trinajstić information content (AvgIpc) is 3.79. The van der Waals surface area contributed by atoms with Crippen LogP contribution in [-0.4, -0.2) is 40.8 Å². The van der Waals surface area contributed by atoms with E-state index in [1.54, 1.807) is 18.2 Å². The lowest BCUT2D eigenvalue weighted by Gasteiger charge is -2.38. The number of fused-ring (bicyclic) bond motifs is 4. The average molecular weight is 621 g/mol. The number of rotatable bonds is 7. The molecule has 7 nitrogen and oxygen atoms in total. The molecule has 222 valence electrons. The van der Waals surface area contributed by atoms with Gasteiger partial charge in [-0.1, -0.05) is 35.3 Å². The third kappa shape index (κ3) is 4.60. The van der Waals surface area contributed by atoms with Crippen LogP contribution in [0.2, 0.25) is 10.0 Å². The van der Waals surface area contributed by atoms with Crippen LogP contribution in [0, 0.1) is 30.0 Å². The van der Waals surface area contributed by atoms with E-state index in [0.29, 0.717) is 57.8 Å². The number of hydrogen-bond donors (Lipinski definition) is 2. The standard InChI is InChI=1S/C33H32Cl2FN5O2/c1-16-21-14-25(17(2)40-33(42)26-9-5-11-43-26)41(31-19-13-24(31)38-15-19)32(21)22-12-18(6-4-10-37)27(29(36)30(22)39-16)20-7-3-8-23(34)28(20)35/h3,7-8,12,14,17,19,24,26,31,38H,4-6,9,11,13,15H2,1-2H3,(H,40,42)/t17-,19-,24-,26+,31+/m1/s1. The van der Waals surface area contributed by atoms with Crippen molar-refractivity contribution in [2.75, 3.05) is 13.2 Å². The second-order valence-corrected chi connectivity index (χ2v) is 12.8. The maximum absolute atomic E-state index is 16.8. The molecular weight excluding hydrogens is 588 g/mol. The molecule has 0 spiro atoms. The van der Waals surface area contributed by atoms with Crippen LogP contribution in [-0.2, 0) is 16.0 Å². The van der Waals surface area contributed by atoms with Crippen molar-refractivity contribution >= 4 is 50.9 Å². The van der Waals surface area contributed by atoms with Crippen LogP contribution < -0.4 is 10.6 Å². The fourth-order valence-corrected chi connectivity index (χ4v) is 7.74. The SMILES string of the molecule is Cc1nc2c(F)c(-c3cccc(Cl)c3Cl)c(CCC#N)cc2c2c1cc([C@@H](C)NC(=O)[C@@H]1CCCO1)n2[C@H]1[C@H]2CN[C@@H]1C2. The first kappa shape index (κ1) is 28.5. The second kappa shape index (κ2) is 11.0. The number of nitrogens with one attached hydrogen (secondary N) is 2. The fourth-order valence-electron chi connectivity index (χ4n) is 7.34. The summed E-state index contributed by atoms with van der Waals surface area (Å²) in [5.74, 6) is -0.149. The third-order valence-electron chi connectivity index (χ3n) is 9.46. The smallest absolute Gasteiger partial charge is 0.249 e. The number of halogens is 3. The largest absolute Gasteiger partial charge is 0.368 e. The number of nitrogens with zero attached hydrogens (tertiary/aromatic N) is 3. The molecule has 1 saturated carbocycles. The van der Waals surface area contributed by atoms with Crippen LogP contribution in [0.3, 0.4) is 0 Å². The van der Waals surface area contributed by atoms with Gasteiger partial charge in [-0.15, -0.1) is 0 Å². The molecule has 4 aliphatic rings. The minimum atomic E-state index is -0.483. The minimum absolute atomic E-state index is 0.107. The number of aromatic nitrogens is 2. The number of hydrogen-bond acceptors (Lipinski definition) is 5. The van der Waals surface area contributed by atoms with Crippen LogP contribution in [0.25, 0.3) is 32.9 Å². The summed E-state index contributed by atoms with van der Waals surface area (Å²) in [5, 5.41) is 18.5. The molecule has 2 aromatic carbocycles. The summed E-state index contributed by atoms with van der Waals surface area (Å²) in [4.78, 5) is 17.9. The second-order valence-electron chi connectivity index (χ2n) is 12.0. The van der Waals surface area contributed by atoms with E-state index in [0.717, 1.165) is 42.4 Å². The molecule has 0 radical (unpaired) electrons. The van der Waals surface area contributed by atoms with Crippen molar-refractivity contribution in [3.63, 3.8) is 0 Å². The minimum Gasteiger partial charge on any atom is -0.368 e. The van der Waals surface area contributed by atoms with E-state index >= 15 is 4.39 Å². The molecule has 8 rings (SSSR count). The molecule has 5 heterocycles. The van der Waals surface area contributed by atoms with Gasteiger partial charge in [0.05, 0.1) is 33.7 Å². The summed E-state index contributed by atoms with van der Waals surface area (Å²) in [6, 6.07) is 11.6. The van der Waals surface area contributed by atoms with E-state index in [1.165, 1.54) is 0 Å². The first-order valence-corrected chi connectivity index (χ1v) is 15.7. The van der Waals surface area contributed by atoms with Gasteiger partial charge in [0.1, 0.15) is 11.6 Å². The Hall–Kier alpha value is -3.22. The van der Waals surface area contributed by atoms with Crippen molar-refractivity contribution < 1.29 is 13.9 Å². The Morgan fingerprint density at radius 1 is 1.33 bits per heavy atom. The predicted molar refractivity (Wildman–Crippen MR) is 166 cm³/mol. The van der Waals surface area contributed by atoms with Crippen molar-refractivity contribution in [3.8, 4) is 17.2 Å². The zero-order chi connectivity index (χ0) is 30.0. The van der Waals surface area contributed by atoms with Gasteiger partial charge in [0.15, 0.2) is 5.82 Å². The molecule has 4 aromatic rings. The molecule has 3 saturated heterocycles. The summed E-state index contributed by atoms with van der Waals surface area (Å²) < 4.78 is 24.8. The third-order valence-corrected chi connectivity index (χ3v) is 10.3. The first-order valence-electron chi connectivity index (χ1n) is 14.9. The number of aryl methyl sites for hydroxylation is 2. The van der Waals surface area contributed by atoms with Gasteiger partial charge in [-0.25, -0.2) is 9.37 Å². The molecule has 1 aliphatic carbocycles. The quantitative estimate of drug-likeness (QED) is 0.233. The van der Waals surface area contributed by atoms with Gasteiger partial charge in [-0.05, 0) is 69.2 Å². The van der Waals surface area contributed by atoms with E-state index < -0.39 is 11.9 Å². The molecule has 10 heteroatoms. The number of ether oxygens (including phenoxy) is 1. The van der Waals surface area contributed by atoms with Crippen molar-refractivity contribution in [2.45, 2.75) is 70.2 Å². The van der Waals surface area contributed by atoms with E-state index in [-0.39, 0.29) is 35.0 Å². The van der Waals surface area contributed by atoms with Crippen molar-refractivity contribution in [1.29, 1.82) is 5.26 Å². The monoisotopic (exact) mass is 619 g/mol. The number of pyridine rings is 1. The van der Waals surface area contributed by atoms with Crippen LogP contribution in [0.15, 0.2) is 30.3 Å². The Morgan fingerprint density at radius 3 is 2.86 bits per heavy atom. The van der Waals surface area contributed by atoms with Gasteiger partial charge < -0.3 is 19.9 Å². The van der Waals surface area contributed by atoms with Gasteiger partial charge in [-0.3, -0.25) is 4.79 Å². The van der Waals surface area contributed by atoms with E-state index in [2.05, 4.69) is 27.3 Å². The van der Waals surface area contributed by atoms with Gasteiger partial charge >= 0.3 is 0 Å². The number of nitriles is 1. The molecule has 2 bridgehead atoms. The molecule has 0 unspecified atom stereocenters. The van der Waals surface area contributed by atoms with E-state index in [9.17, 15) is 10.1 Å². The van der Waals surface area contributed by atoms with E-state index in [1.807, 2.05) is 19.9 Å². The maximum Gasteiger partial charge on any atom is 0.249 e. The number of carbonyl (C=O) groups is 1. The lowest BCUT2D eigenvalue weighted by molar-refractivity contribution is -0.130. The zero-order valence-electron chi connectivity index (χ0n) is 24.0. The fraction of sp³-hybridized carbons (Fsp3) is 0.424. The van der Waals surface area contributed by atoms with Crippen LogP contribution in [0.5, 0.6) is 0 Å². The van der Waals surface area contributed by atoms with Crippen molar-refractivity contribution in [1.82, 2.24) is 20.2 Å². The Balaban J connectivity index is 1.47. The number of carbonyl (C=O) groups excluding carboxylic acids is 1. The Bertz CT molecular complexity index is 1810. The summed E-state index contributed by atoms with van der Waals surface area (Å²) in [6.45, 7) is 5.41. The van der Waals surface area contributed by atoms with Crippen molar-refractivity contribution in [2.24, 2.45) is 5.92 Å². The van der Waals surface area contributed by atoms with Crippen molar-refractivity contribution in [3.05, 3.63) is 63.1 Å². The molecule has 43 heavy (non-hydrogen) atoms. The normalized spacial score (nSPS) is 23.4. The van der Waals surface area contributed by atoms with Gasteiger partial charge in [0, 0.05) is 58.9 Å². The molecule has 5 atom stereocenters. The summed E-state index contributed by atoms with van der Waals surface area (Å²) >= 11 is 12.9. The molecule has 4 fully saturated rings. The predicted octanol–water partition coefficient (Wildman–Crippen LogP) is 6.96. The highest BCUT2D eigenvalue weighted by Crippen LogP contribution is 2.49. The number of amides is 1. The molecule has 2 aromatic heterocycles. The molecule has 3 aliphatic heterocycles. The summed E-state index contributed by atoms with van der Waals surface area (Å²) in [6.07, 6.45) is 2.81. The lowest BCUT2D eigenvalue weighted by atomic mass is 9.79. The van der Waals surface area contributed by atoms with Crippen LogP contribution in [0.4, 0.5) is 4.39 Å². The Labute approximate surface area is 259 Å². The van der Waals surface area contributed by atoms with Gasteiger partial charge in [0.25, 0.3) is 0 Å². The topological polar surface area (TPSA) is 92.0 Å². The molecular formula is C33H32Cl2FN5O2. The Morgan fingerprint density at radius 2 is 2.16 bits per heavy atom. The zero-order valence-corrected chi connectivity index (χ0v) is 25.5. The summed E-state index contributed by atoms with van der Waals surface area (Å²) in [7, 11) is 0. The Kier molecular flexibility index (Phi) is 7.33. The lowest BCUT2D eigenvalue weighted by Crippen LogP contribution is -2.41. The highest BCUT2D eigenvalue weighted by Gasteiger charge is 2.49. The molecule has 1 amide bonds. The van der Waals surface area contributed by atoms with Crippen LogP contribution >= 0.6 is 23.2 Å². The highest BCUT2D eigenvalue weighted by molar-refractivity contribution is 6.43. The van der Waals surface area contributed by atoms with Gasteiger partial charge in [-0.2, -0.15) is 5.26 Å². The number of benzene rings is 2.